The van der Waals surface area contributed by atoms with Crippen molar-refractivity contribution in [2.45, 2.75) is 55.3 Å². The van der Waals surface area contributed by atoms with Gasteiger partial charge in [-0.3, -0.25) is 0 Å². The van der Waals surface area contributed by atoms with E-state index in [-0.39, 0.29) is 18.8 Å². The molecule has 1 aromatic heterocycles. The fraction of sp³-hybridized carbons (Fsp3) is 0.312. The van der Waals surface area contributed by atoms with E-state index in [9.17, 15) is 14.7 Å². The SMILES string of the molecule is COC(=O)C(Cc1ccccc1)NC(=O)Nc1ccc(C2OC(CSc3nnc(C)s3)CC(c3ccc(CO)cc3)O2)cc1. The average molecular weight is 635 g/mol. The first kappa shape index (κ1) is 31.6. The summed E-state index contributed by atoms with van der Waals surface area (Å²) in [5.41, 5.74) is 4.08. The van der Waals surface area contributed by atoms with E-state index >= 15 is 0 Å². The predicted molar refractivity (Wildman–Crippen MR) is 168 cm³/mol. The lowest BCUT2D eigenvalue weighted by Crippen LogP contribution is -2.45. The van der Waals surface area contributed by atoms with Gasteiger partial charge in [-0.1, -0.05) is 89.8 Å². The number of benzene rings is 3. The van der Waals surface area contributed by atoms with E-state index in [1.54, 1.807) is 35.2 Å². The number of carbonyl (C=O) groups is 2. The van der Waals surface area contributed by atoms with Gasteiger partial charge in [0.05, 0.1) is 25.9 Å². The Morgan fingerprint density at radius 3 is 2.39 bits per heavy atom. The molecule has 3 aromatic carbocycles. The molecule has 1 fully saturated rings. The van der Waals surface area contributed by atoms with Gasteiger partial charge in [0.15, 0.2) is 10.6 Å². The van der Waals surface area contributed by atoms with Crippen LogP contribution in [-0.2, 0) is 32.0 Å². The highest BCUT2D eigenvalue weighted by Gasteiger charge is 2.32. The van der Waals surface area contributed by atoms with Crippen molar-refractivity contribution in [2.24, 2.45) is 0 Å². The fourth-order valence-corrected chi connectivity index (χ4v) is 6.62. The Morgan fingerprint density at radius 2 is 1.73 bits per heavy atom. The van der Waals surface area contributed by atoms with Crippen molar-refractivity contribution >= 4 is 40.8 Å². The summed E-state index contributed by atoms with van der Waals surface area (Å²) >= 11 is 3.16. The Bertz CT molecular complexity index is 1520. The zero-order chi connectivity index (χ0) is 30.9. The molecule has 1 aliphatic rings. The maximum absolute atomic E-state index is 12.8. The van der Waals surface area contributed by atoms with Crippen LogP contribution in [0.5, 0.6) is 0 Å². The van der Waals surface area contributed by atoms with Crippen LogP contribution in [-0.4, -0.2) is 52.3 Å². The summed E-state index contributed by atoms with van der Waals surface area (Å²) in [4.78, 5) is 25.1. The molecule has 0 spiro atoms. The first-order valence-electron chi connectivity index (χ1n) is 14.1. The van der Waals surface area contributed by atoms with Gasteiger partial charge in [-0.2, -0.15) is 0 Å². The Labute approximate surface area is 264 Å². The van der Waals surface area contributed by atoms with Gasteiger partial charge in [-0.25, -0.2) is 9.59 Å². The molecule has 5 rings (SSSR count). The lowest BCUT2D eigenvalue weighted by Gasteiger charge is -2.36. The summed E-state index contributed by atoms with van der Waals surface area (Å²) in [5.74, 6) is 0.157. The topological polar surface area (TPSA) is 132 Å². The third-order valence-electron chi connectivity index (χ3n) is 7.03. The number of esters is 1. The summed E-state index contributed by atoms with van der Waals surface area (Å²) in [6.07, 6.45) is -0.00611. The highest BCUT2D eigenvalue weighted by Crippen LogP contribution is 2.39. The van der Waals surface area contributed by atoms with Crippen molar-refractivity contribution in [3.63, 3.8) is 0 Å². The van der Waals surface area contributed by atoms with Gasteiger partial charge >= 0.3 is 12.0 Å². The Balaban J connectivity index is 1.25. The molecule has 2 heterocycles. The smallest absolute Gasteiger partial charge is 0.328 e. The van der Waals surface area contributed by atoms with Crippen molar-refractivity contribution in [2.75, 3.05) is 18.2 Å². The summed E-state index contributed by atoms with van der Waals surface area (Å²) in [6, 6.07) is 23.0. The minimum Gasteiger partial charge on any atom is -0.467 e. The first-order valence-corrected chi connectivity index (χ1v) is 15.9. The van der Waals surface area contributed by atoms with Crippen LogP contribution in [0.1, 0.15) is 46.1 Å². The number of methoxy groups -OCH3 is 1. The van der Waals surface area contributed by atoms with Crippen LogP contribution < -0.4 is 10.6 Å². The summed E-state index contributed by atoms with van der Waals surface area (Å²) in [5, 5.41) is 24.2. The molecule has 12 heteroatoms. The molecule has 0 saturated carbocycles. The van der Waals surface area contributed by atoms with E-state index < -0.39 is 24.3 Å². The number of urea groups is 1. The molecule has 10 nitrogen and oxygen atoms in total. The van der Waals surface area contributed by atoms with Crippen molar-refractivity contribution < 1.29 is 28.9 Å². The molecule has 0 radical (unpaired) electrons. The van der Waals surface area contributed by atoms with Crippen LogP contribution in [0.2, 0.25) is 0 Å². The lowest BCUT2D eigenvalue weighted by atomic mass is 10.0. The van der Waals surface area contributed by atoms with Crippen LogP contribution >= 0.6 is 23.1 Å². The third-order valence-corrected chi connectivity index (χ3v) is 9.13. The first-order chi connectivity index (χ1) is 21.4. The van der Waals surface area contributed by atoms with Crippen LogP contribution in [0.15, 0.2) is 83.2 Å². The van der Waals surface area contributed by atoms with E-state index in [0.29, 0.717) is 24.3 Å². The predicted octanol–water partition coefficient (Wildman–Crippen LogP) is 5.58. The molecule has 0 aliphatic carbocycles. The van der Waals surface area contributed by atoms with E-state index in [1.165, 1.54) is 7.11 Å². The average Bonchev–Trinajstić information content (AvgIpc) is 3.48. The largest absolute Gasteiger partial charge is 0.467 e. The second-order valence-corrected chi connectivity index (χ2v) is 12.7. The molecular formula is C32H34N4O6S2. The number of anilines is 1. The summed E-state index contributed by atoms with van der Waals surface area (Å²) < 4.78 is 18.6. The van der Waals surface area contributed by atoms with E-state index in [0.717, 1.165) is 31.6 Å². The van der Waals surface area contributed by atoms with Gasteiger partial charge in [-0.05, 0) is 35.7 Å². The lowest BCUT2D eigenvalue weighted by molar-refractivity contribution is -0.245. The number of hydrogen-bond acceptors (Lipinski definition) is 10. The molecule has 4 unspecified atom stereocenters. The minimum absolute atomic E-state index is 0.0210. The third kappa shape index (κ3) is 8.64. The number of aromatic nitrogens is 2. The minimum atomic E-state index is -0.840. The summed E-state index contributed by atoms with van der Waals surface area (Å²) in [7, 11) is 1.29. The standard InChI is InChI=1S/C32H34N4O6S2/c1-20-35-36-32(44-20)43-19-26-17-28(23-10-8-22(18-37)9-11-23)42-30(41-26)24-12-14-25(15-13-24)33-31(39)34-27(29(38)40-2)16-21-6-4-3-5-7-21/h3-15,26-28,30,37H,16-19H2,1-2H3,(H2,33,34,39). The van der Waals surface area contributed by atoms with Crippen molar-refractivity contribution in [3.05, 3.63) is 106 Å². The number of hydrogen-bond donors (Lipinski definition) is 3. The van der Waals surface area contributed by atoms with E-state index in [1.807, 2.05) is 73.7 Å². The molecule has 230 valence electrons. The van der Waals surface area contributed by atoms with Gasteiger partial charge in [0.1, 0.15) is 11.0 Å². The van der Waals surface area contributed by atoms with Gasteiger partial charge in [0.2, 0.25) is 0 Å². The molecular weight excluding hydrogens is 601 g/mol. The second kappa shape index (κ2) is 15.3. The fourth-order valence-electron chi connectivity index (χ4n) is 4.76. The van der Waals surface area contributed by atoms with Crippen molar-refractivity contribution in [3.8, 4) is 0 Å². The molecule has 0 bridgehead atoms. The molecule has 44 heavy (non-hydrogen) atoms. The van der Waals surface area contributed by atoms with E-state index in [4.69, 9.17) is 14.2 Å². The normalized spacial score (nSPS) is 18.8. The number of aliphatic hydroxyl groups is 1. The molecule has 1 aliphatic heterocycles. The van der Waals surface area contributed by atoms with Crippen LogP contribution in [0.4, 0.5) is 10.5 Å². The van der Waals surface area contributed by atoms with Crippen LogP contribution in [0.3, 0.4) is 0 Å². The Kier molecular flexibility index (Phi) is 11.0. The number of nitrogens with one attached hydrogen (secondary N) is 2. The van der Waals surface area contributed by atoms with Crippen molar-refractivity contribution in [1.82, 2.24) is 15.5 Å². The number of aliphatic hydroxyl groups excluding tert-OH is 1. The molecule has 4 atom stereocenters. The molecule has 3 N–H and O–H groups in total. The van der Waals surface area contributed by atoms with Gasteiger partial charge < -0.3 is 30.0 Å². The number of thioether (sulfide) groups is 1. The van der Waals surface area contributed by atoms with E-state index in [2.05, 4.69) is 20.8 Å². The number of nitrogens with zero attached hydrogens (tertiary/aromatic N) is 2. The highest BCUT2D eigenvalue weighted by molar-refractivity contribution is 8.01. The Hall–Kier alpha value is -3.81. The molecule has 4 aromatic rings. The quantitative estimate of drug-likeness (QED) is 0.143. The zero-order valence-electron chi connectivity index (χ0n) is 24.3. The molecule has 2 amide bonds. The monoisotopic (exact) mass is 634 g/mol. The maximum Gasteiger partial charge on any atom is 0.328 e. The number of carbonyl (C=O) groups excluding carboxylic acids is 2. The van der Waals surface area contributed by atoms with Gasteiger partial charge in [0.25, 0.3) is 0 Å². The highest BCUT2D eigenvalue weighted by atomic mass is 32.2. The van der Waals surface area contributed by atoms with Crippen LogP contribution in [0.25, 0.3) is 0 Å². The number of aryl methyl sites for hydroxylation is 1. The van der Waals surface area contributed by atoms with Gasteiger partial charge in [0, 0.05) is 29.8 Å². The zero-order valence-corrected chi connectivity index (χ0v) is 26.0. The van der Waals surface area contributed by atoms with Gasteiger partial charge in [-0.15, -0.1) is 10.2 Å². The Morgan fingerprint density at radius 1 is 1.00 bits per heavy atom. The number of ether oxygens (including phenoxy) is 3. The van der Waals surface area contributed by atoms with Crippen LogP contribution in [0, 0.1) is 6.92 Å². The summed E-state index contributed by atoms with van der Waals surface area (Å²) in [6.45, 7) is 1.91. The number of amides is 2. The van der Waals surface area contributed by atoms with Crippen molar-refractivity contribution in [1.29, 1.82) is 0 Å². The second-order valence-electron chi connectivity index (χ2n) is 10.2. The number of rotatable bonds is 11. The molecule has 1 saturated heterocycles. The maximum atomic E-state index is 12.8.